The molecule has 2 rings (SSSR count). The second kappa shape index (κ2) is 8.29. The minimum Gasteiger partial charge on any atom is -0.352 e. The minimum atomic E-state index is -0.437. The molecule has 1 amide bonds. The van der Waals surface area contributed by atoms with Crippen LogP contribution >= 0.6 is 0 Å². The Balaban J connectivity index is 1.92. The van der Waals surface area contributed by atoms with Crippen LogP contribution in [0.15, 0.2) is 60.0 Å². The van der Waals surface area contributed by atoms with E-state index < -0.39 is 6.29 Å². The number of allylic oxidation sites excluding steroid dienone is 3. The van der Waals surface area contributed by atoms with Crippen molar-refractivity contribution in [3.63, 3.8) is 0 Å². The summed E-state index contributed by atoms with van der Waals surface area (Å²) in [4.78, 5) is 16.2. The SMILES string of the molecule is C=NC(N/C=C/C(=O)NC(C)(CC)C1C=CC=CC1)n1cccn1. The highest BCUT2D eigenvalue weighted by molar-refractivity contribution is 5.88. The molecule has 3 unspecified atom stereocenters. The van der Waals surface area contributed by atoms with Crippen molar-refractivity contribution < 1.29 is 4.79 Å². The molecule has 1 aromatic heterocycles. The number of nitrogens with zero attached hydrogens (tertiary/aromatic N) is 3. The van der Waals surface area contributed by atoms with E-state index >= 15 is 0 Å². The summed E-state index contributed by atoms with van der Waals surface area (Å²) >= 11 is 0. The molecule has 24 heavy (non-hydrogen) atoms. The highest BCUT2D eigenvalue weighted by atomic mass is 16.1. The summed E-state index contributed by atoms with van der Waals surface area (Å²) in [5.74, 6) is 0.155. The molecule has 0 radical (unpaired) electrons. The summed E-state index contributed by atoms with van der Waals surface area (Å²) < 4.78 is 1.62. The van der Waals surface area contributed by atoms with Crippen LogP contribution in [-0.4, -0.2) is 27.9 Å². The van der Waals surface area contributed by atoms with E-state index in [-0.39, 0.29) is 11.4 Å². The summed E-state index contributed by atoms with van der Waals surface area (Å²) in [5.41, 5.74) is -0.277. The van der Waals surface area contributed by atoms with Gasteiger partial charge in [-0.25, -0.2) is 4.68 Å². The first-order chi connectivity index (χ1) is 11.6. The van der Waals surface area contributed by atoms with Crippen LogP contribution in [0.3, 0.4) is 0 Å². The summed E-state index contributed by atoms with van der Waals surface area (Å²) in [6.45, 7) is 7.70. The molecule has 0 bridgehead atoms. The number of aromatic nitrogens is 2. The van der Waals surface area contributed by atoms with E-state index in [1.54, 1.807) is 29.3 Å². The monoisotopic (exact) mass is 327 g/mol. The third kappa shape index (κ3) is 4.44. The van der Waals surface area contributed by atoms with Gasteiger partial charge in [-0.2, -0.15) is 5.10 Å². The third-order valence-electron chi connectivity index (χ3n) is 4.37. The van der Waals surface area contributed by atoms with Crippen molar-refractivity contribution in [1.82, 2.24) is 20.4 Å². The van der Waals surface area contributed by atoms with Gasteiger partial charge in [0.05, 0.1) is 0 Å². The molecule has 0 saturated carbocycles. The Hall–Kier alpha value is -2.63. The number of carbonyl (C=O) groups is 1. The molecule has 0 saturated heterocycles. The molecule has 0 aromatic carbocycles. The summed E-state index contributed by atoms with van der Waals surface area (Å²) in [7, 11) is 0. The first-order valence-electron chi connectivity index (χ1n) is 8.12. The van der Waals surface area contributed by atoms with E-state index in [9.17, 15) is 4.79 Å². The highest BCUT2D eigenvalue weighted by Crippen LogP contribution is 2.28. The lowest BCUT2D eigenvalue weighted by Gasteiger charge is -2.36. The van der Waals surface area contributed by atoms with Crippen molar-refractivity contribution in [3.8, 4) is 0 Å². The summed E-state index contributed by atoms with van der Waals surface area (Å²) in [5, 5.41) is 10.2. The Morgan fingerprint density at radius 3 is 3.00 bits per heavy atom. The average molecular weight is 327 g/mol. The van der Waals surface area contributed by atoms with Crippen LogP contribution in [0.25, 0.3) is 0 Å². The van der Waals surface area contributed by atoms with Crippen molar-refractivity contribution in [2.75, 3.05) is 0 Å². The number of carbonyl (C=O) groups excluding carboxylic acids is 1. The molecule has 1 aliphatic rings. The van der Waals surface area contributed by atoms with E-state index in [0.717, 1.165) is 12.8 Å². The van der Waals surface area contributed by atoms with Crippen LogP contribution in [0.2, 0.25) is 0 Å². The molecule has 0 fully saturated rings. The molecule has 3 atom stereocenters. The second-order valence-electron chi connectivity index (χ2n) is 5.96. The van der Waals surface area contributed by atoms with Crippen LogP contribution in [0.4, 0.5) is 0 Å². The number of rotatable bonds is 8. The zero-order chi connectivity index (χ0) is 17.4. The first kappa shape index (κ1) is 17.7. The van der Waals surface area contributed by atoms with Gasteiger partial charge in [0.25, 0.3) is 0 Å². The molecule has 6 heteroatoms. The van der Waals surface area contributed by atoms with E-state index in [1.165, 1.54) is 6.08 Å². The van der Waals surface area contributed by atoms with E-state index in [2.05, 4.69) is 53.4 Å². The fourth-order valence-electron chi connectivity index (χ4n) is 2.67. The smallest absolute Gasteiger partial charge is 0.245 e. The third-order valence-corrected chi connectivity index (χ3v) is 4.37. The van der Waals surface area contributed by atoms with E-state index in [1.807, 2.05) is 12.2 Å². The van der Waals surface area contributed by atoms with Gasteiger partial charge in [0.15, 0.2) is 0 Å². The van der Waals surface area contributed by atoms with Crippen LogP contribution in [-0.2, 0) is 4.79 Å². The standard InChI is InChI=1S/C18H25N5O/c1-4-18(2,15-9-6-5-7-10-15)22-16(24)11-13-20-17(19-3)23-14-8-12-21-23/h5-9,11-15,17,20H,3-4,10H2,1-2H3,(H,22,24)/b13-11+. The largest absolute Gasteiger partial charge is 0.352 e. The highest BCUT2D eigenvalue weighted by Gasteiger charge is 2.31. The summed E-state index contributed by atoms with van der Waals surface area (Å²) in [6, 6.07) is 1.80. The molecule has 0 spiro atoms. The Morgan fingerprint density at radius 2 is 2.42 bits per heavy atom. The molecule has 1 heterocycles. The predicted octanol–water partition coefficient (Wildman–Crippen LogP) is 2.56. The fraction of sp³-hybridized carbons (Fsp3) is 0.389. The van der Waals surface area contributed by atoms with Crippen molar-refractivity contribution >= 4 is 12.6 Å². The van der Waals surface area contributed by atoms with Crippen LogP contribution in [0.5, 0.6) is 0 Å². The lowest BCUT2D eigenvalue weighted by molar-refractivity contribution is -0.118. The maximum Gasteiger partial charge on any atom is 0.245 e. The lowest BCUT2D eigenvalue weighted by atomic mass is 9.79. The molecule has 1 aliphatic carbocycles. The van der Waals surface area contributed by atoms with Gasteiger partial charge in [-0.1, -0.05) is 31.2 Å². The Labute approximate surface area is 143 Å². The van der Waals surface area contributed by atoms with E-state index in [4.69, 9.17) is 0 Å². The number of aliphatic imine (C=N–C) groups is 1. The maximum atomic E-state index is 12.3. The van der Waals surface area contributed by atoms with E-state index in [0.29, 0.717) is 5.92 Å². The van der Waals surface area contributed by atoms with Gasteiger partial charge < -0.3 is 10.6 Å². The van der Waals surface area contributed by atoms with Gasteiger partial charge in [-0.3, -0.25) is 9.79 Å². The Morgan fingerprint density at radius 1 is 1.58 bits per heavy atom. The van der Waals surface area contributed by atoms with Gasteiger partial charge in [0, 0.05) is 36.1 Å². The normalized spacial score (nSPS) is 20.5. The molecule has 0 aliphatic heterocycles. The number of hydrogen-bond donors (Lipinski definition) is 2. The fourth-order valence-corrected chi connectivity index (χ4v) is 2.67. The predicted molar refractivity (Wildman–Crippen MR) is 96.3 cm³/mol. The van der Waals surface area contributed by atoms with Crippen LogP contribution in [0.1, 0.15) is 33.0 Å². The molecule has 2 N–H and O–H groups in total. The topological polar surface area (TPSA) is 71.3 Å². The Bertz CT molecular complexity index is 632. The van der Waals surface area contributed by atoms with Crippen LogP contribution in [0, 0.1) is 5.92 Å². The van der Waals surface area contributed by atoms with Gasteiger partial charge in [0.1, 0.15) is 0 Å². The van der Waals surface area contributed by atoms with Gasteiger partial charge in [0.2, 0.25) is 12.2 Å². The number of amides is 1. The second-order valence-corrected chi connectivity index (χ2v) is 5.96. The molecule has 1 aromatic rings. The Kier molecular flexibility index (Phi) is 6.12. The zero-order valence-corrected chi connectivity index (χ0v) is 14.2. The molecule has 6 nitrogen and oxygen atoms in total. The van der Waals surface area contributed by atoms with Crippen molar-refractivity contribution in [3.05, 3.63) is 55.0 Å². The minimum absolute atomic E-state index is 0.141. The quantitative estimate of drug-likeness (QED) is 0.569. The van der Waals surface area contributed by atoms with Crippen molar-refractivity contribution in [2.24, 2.45) is 10.9 Å². The van der Waals surface area contributed by atoms with Crippen molar-refractivity contribution in [2.45, 2.75) is 38.5 Å². The van der Waals surface area contributed by atoms with Gasteiger partial charge in [-0.15, -0.1) is 0 Å². The number of hydrogen-bond acceptors (Lipinski definition) is 4. The van der Waals surface area contributed by atoms with Crippen LogP contribution < -0.4 is 10.6 Å². The molecular weight excluding hydrogens is 302 g/mol. The zero-order valence-electron chi connectivity index (χ0n) is 14.2. The maximum absolute atomic E-state index is 12.3. The van der Waals surface area contributed by atoms with Gasteiger partial charge in [-0.05, 0) is 32.5 Å². The molecular formula is C18H25N5O. The number of nitrogens with one attached hydrogen (secondary N) is 2. The van der Waals surface area contributed by atoms with Gasteiger partial charge >= 0.3 is 0 Å². The average Bonchev–Trinajstić information content (AvgIpc) is 3.13. The first-order valence-corrected chi connectivity index (χ1v) is 8.12. The lowest BCUT2D eigenvalue weighted by Crippen LogP contribution is -2.50. The summed E-state index contributed by atoms with van der Waals surface area (Å²) in [6.07, 6.45) is 16.2. The molecule has 128 valence electrons. The van der Waals surface area contributed by atoms with Crippen molar-refractivity contribution in [1.29, 1.82) is 0 Å².